The predicted octanol–water partition coefficient (Wildman–Crippen LogP) is 1.66. The number of rotatable bonds is 3. The summed E-state index contributed by atoms with van der Waals surface area (Å²) in [7, 11) is 0. The van der Waals surface area contributed by atoms with Gasteiger partial charge in [-0.15, -0.1) is 0 Å². The summed E-state index contributed by atoms with van der Waals surface area (Å²) >= 11 is 0. The second-order valence-corrected chi connectivity index (χ2v) is 6.41. The summed E-state index contributed by atoms with van der Waals surface area (Å²) in [5.74, 6) is 0.321. The molecule has 1 aliphatic heterocycles. The van der Waals surface area contributed by atoms with Crippen LogP contribution in [0.4, 0.5) is 0 Å². The van der Waals surface area contributed by atoms with Gasteiger partial charge in [-0.3, -0.25) is 4.79 Å². The summed E-state index contributed by atoms with van der Waals surface area (Å²) in [5.41, 5.74) is 4.98. The minimum atomic E-state index is -0.718. The molecule has 1 saturated carbocycles. The van der Waals surface area contributed by atoms with Crippen LogP contribution >= 0.6 is 0 Å². The van der Waals surface area contributed by atoms with Gasteiger partial charge >= 0.3 is 0 Å². The Balaban J connectivity index is 2.06. The van der Waals surface area contributed by atoms with Crippen LogP contribution in [0.1, 0.15) is 58.8 Å². The van der Waals surface area contributed by atoms with E-state index in [4.69, 9.17) is 5.73 Å². The van der Waals surface area contributed by atoms with Crippen LogP contribution < -0.4 is 5.73 Å². The Morgan fingerprint density at radius 1 is 1.37 bits per heavy atom. The molecule has 0 radical (unpaired) electrons. The molecule has 1 aliphatic carbocycles. The van der Waals surface area contributed by atoms with Crippen LogP contribution in [0.2, 0.25) is 0 Å². The van der Waals surface area contributed by atoms with E-state index in [1.807, 2.05) is 18.7 Å². The fourth-order valence-electron chi connectivity index (χ4n) is 3.62. The first-order valence-corrected chi connectivity index (χ1v) is 7.76. The van der Waals surface area contributed by atoms with Crippen molar-refractivity contribution in [2.24, 2.45) is 11.7 Å². The molecular weight excluding hydrogens is 240 g/mol. The summed E-state index contributed by atoms with van der Waals surface area (Å²) in [6.07, 6.45) is 6.29. The summed E-state index contributed by atoms with van der Waals surface area (Å²) in [5, 5.41) is 10.6. The highest BCUT2D eigenvalue weighted by Gasteiger charge is 2.45. The summed E-state index contributed by atoms with van der Waals surface area (Å²) in [6.45, 7) is 5.30. The van der Waals surface area contributed by atoms with Gasteiger partial charge in [-0.2, -0.15) is 0 Å². The third-order valence-electron chi connectivity index (χ3n) is 5.40. The Bertz CT molecular complexity index is 341. The average molecular weight is 268 g/mol. The molecule has 2 unspecified atom stereocenters. The molecule has 2 atom stereocenters. The van der Waals surface area contributed by atoms with Crippen molar-refractivity contribution < 1.29 is 9.90 Å². The monoisotopic (exact) mass is 268 g/mol. The van der Waals surface area contributed by atoms with E-state index >= 15 is 0 Å². The topological polar surface area (TPSA) is 66.6 Å². The summed E-state index contributed by atoms with van der Waals surface area (Å²) < 4.78 is 0. The Morgan fingerprint density at radius 2 is 2.05 bits per heavy atom. The number of carbonyl (C=O) groups excluding carboxylic acids is 1. The molecule has 4 nitrogen and oxygen atoms in total. The zero-order valence-corrected chi connectivity index (χ0v) is 12.3. The second-order valence-electron chi connectivity index (χ2n) is 6.41. The highest BCUT2D eigenvalue weighted by molar-refractivity contribution is 5.86. The number of hydrogen-bond donors (Lipinski definition) is 2. The lowest BCUT2D eigenvalue weighted by Crippen LogP contribution is -2.61. The largest absolute Gasteiger partial charge is 0.389 e. The number of piperidine rings is 1. The number of likely N-dealkylation sites (tertiary alicyclic amines) is 1. The molecule has 2 rings (SSSR count). The van der Waals surface area contributed by atoms with Crippen molar-refractivity contribution >= 4 is 5.91 Å². The predicted molar refractivity (Wildman–Crippen MR) is 75.6 cm³/mol. The lowest BCUT2D eigenvalue weighted by Gasteiger charge is -2.48. The number of carbonyl (C=O) groups is 1. The number of nitrogens with zero attached hydrogens (tertiary/aromatic N) is 1. The van der Waals surface area contributed by atoms with E-state index in [0.29, 0.717) is 32.4 Å². The van der Waals surface area contributed by atoms with Crippen molar-refractivity contribution in [1.29, 1.82) is 0 Å². The molecule has 4 heteroatoms. The van der Waals surface area contributed by atoms with Gasteiger partial charge in [0.25, 0.3) is 0 Å². The molecule has 110 valence electrons. The highest BCUT2D eigenvalue weighted by Crippen LogP contribution is 2.40. The third-order valence-corrected chi connectivity index (χ3v) is 5.40. The van der Waals surface area contributed by atoms with Crippen molar-refractivity contribution in [2.75, 3.05) is 13.1 Å². The lowest BCUT2D eigenvalue weighted by molar-refractivity contribution is -0.149. The molecule has 19 heavy (non-hydrogen) atoms. The zero-order chi connectivity index (χ0) is 14.1. The first-order chi connectivity index (χ1) is 8.95. The van der Waals surface area contributed by atoms with Gasteiger partial charge in [0.1, 0.15) is 0 Å². The van der Waals surface area contributed by atoms with Crippen molar-refractivity contribution in [3.05, 3.63) is 0 Å². The molecule has 2 fully saturated rings. The van der Waals surface area contributed by atoms with Crippen LogP contribution in [0.15, 0.2) is 0 Å². The first-order valence-electron chi connectivity index (χ1n) is 7.76. The molecule has 0 aromatic carbocycles. The Kier molecular flexibility index (Phi) is 4.21. The minimum Gasteiger partial charge on any atom is -0.389 e. The maximum Gasteiger partial charge on any atom is 0.242 e. The van der Waals surface area contributed by atoms with Gasteiger partial charge in [-0.05, 0) is 32.1 Å². The van der Waals surface area contributed by atoms with E-state index in [1.54, 1.807) is 0 Å². The SMILES string of the molecule is CCC(N)(CC)C(=O)N1CCC2(O)CCCCC2C1. The van der Waals surface area contributed by atoms with Gasteiger partial charge in [0.2, 0.25) is 5.91 Å². The average Bonchev–Trinajstić information content (AvgIpc) is 2.44. The first kappa shape index (κ1) is 14.8. The number of amides is 1. The van der Waals surface area contributed by atoms with Crippen molar-refractivity contribution in [1.82, 2.24) is 4.90 Å². The van der Waals surface area contributed by atoms with Gasteiger partial charge < -0.3 is 15.7 Å². The molecule has 0 bridgehead atoms. The normalized spacial score (nSPS) is 32.0. The standard InChI is InChI=1S/C15H28N2O2/c1-3-14(16,4-2)13(18)17-10-9-15(19)8-6-5-7-12(15)11-17/h12,19H,3-11,16H2,1-2H3. The van der Waals surface area contributed by atoms with Crippen LogP contribution in [-0.2, 0) is 4.79 Å². The molecule has 1 amide bonds. The van der Waals surface area contributed by atoms with E-state index in [9.17, 15) is 9.90 Å². The number of nitrogens with two attached hydrogens (primary N) is 1. The molecule has 1 heterocycles. The van der Waals surface area contributed by atoms with Gasteiger partial charge in [-0.25, -0.2) is 0 Å². The number of fused-ring (bicyclic) bond motifs is 1. The van der Waals surface area contributed by atoms with Gasteiger partial charge in [0, 0.05) is 19.0 Å². The smallest absolute Gasteiger partial charge is 0.242 e. The quantitative estimate of drug-likeness (QED) is 0.818. The van der Waals surface area contributed by atoms with E-state index in [1.165, 1.54) is 6.42 Å². The Hall–Kier alpha value is -0.610. The number of aliphatic hydroxyl groups is 1. The highest BCUT2D eigenvalue weighted by atomic mass is 16.3. The van der Waals surface area contributed by atoms with Gasteiger partial charge in [0.05, 0.1) is 11.1 Å². The van der Waals surface area contributed by atoms with Crippen LogP contribution in [0.3, 0.4) is 0 Å². The molecule has 2 aliphatic rings. The fraction of sp³-hybridized carbons (Fsp3) is 0.933. The van der Waals surface area contributed by atoms with Gasteiger partial charge in [-0.1, -0.05) is 26.7 Å². The molecule has 0 spiro atoms. The Labute approximate surface area is 116 Å². The molecule has 3 N–H and O–H groups in total. The second kappa shape index (κ2) is 5.41. The van der Waals surface area contributed by atoms with Crippen molar-refractivity contribution in [3.8, 4) is 0 Å². The molecule has 0 aromatic rings. The van der Waals surface area contributed by atoms with E-state index in [2.05, 4.69) is 0 Å². The fourth-order valence-corrected chi connectivity index (χ4v) is 3.62. The van der Waals surface area contributed by atoms with Crippen molar-refractivity contribution in [3.63, 3.8) is 0 Å². The van der Waals surface area contributed by atoms with Crippen LogP contribution in [-0.4, -0.2) is 40.1 Å². The Morgan fingerprint density at radius 3 is 2.68 bits per heavy atom. The van der Waals surface area contributed by atoms with Crippen LogP contribution in [0, 0.1) is 5.92 Å². The van der Waals surface area contributed by atoms with E-state index in [-0.39, 0.29) is 11.8 Å². The third kappa shape index (κ3) is 2.65. The maximum absolute atomic E-state index is 12.6. The van der Waals surface area contributed by atoms with E-state index < -0.39 is 11.1 Å². The minimum absolute atomic E-state index is 0.0742. The number of hydrogen-bond acceptors (Lipinski definition) is 3. The van der Waals surface area contributed by atoms with Crippen molar-refractivity contribution in [2.45, 2.75) is 69.9 Å². The van der Waals surface area contributed by atoms with Crippen LogP contribution in [0.25, 0.3) is 0 Å². The lowest BCUT2D eigenvalue weighted by atomic mass is 9.71. The molecule has 0 aromatic heterocycles. The summed E-state index contributed by atoms with van der Waals surface area (Å²) in [6, 6.07) is 0. The summed E-state index contributed by atoms with van der Waals surface area (Å²) in [4.78, 5) is 14.5. The molecule has 1 saturated heterocycles. The van der Waals surface area contributed by atoms with Gasteiger partial charge in [0.15, 0.2) is 0 Å². The van der Waals surface area contributed by atoms with E-state index in [0.717, 1.165) is 19.3 Å². The molecular formula is C15H28N2O2. The zero-order valence-electron chi connectivity index (χ0n) is 12.3. The maximum atomic E-state index is 12.6. The van der Waals surface area contributed by atoms with Crippen LogP contribution in [0.5, 0.6) is 0 Å².